The molecule has 4 heterocycles. The van der Waals surface area contributed by atoms with Crippen molar-refractivity contribution in [1.29, 1.82) is 0 Å². The van der Waals surface area contributed by atoms with E-state index in [0.717, 1.165) is 33.3 Å². The van der Waals surface area contributed by atoms with Gasteiger partial charge in [0.1, 0.15) is 28.8 Å². The van der Waals surface area contributed by atoms with Crippen molar-refractivity contribution < 1.29 is 48.6 Å². The van der Waals surface area contributed by atoms with Gasteiger partial charge in [0.25, 0.3) is 0 Å². The molecule has 0 spiro atoms. The maximum absolute atomic E-state index is 12.4. The molecular weight excluding hydrogens is 477 g/mol. The zero-order valence-corrected chi connectivity index (χ0v) is 23.0. The van der Waals surface area contributed by atoms with E-state index in [1.807, 2.05) is 80.0 Å². The second kappa shape index (κ2) is 9.67. The molecule has 0 fully saturated rings. The first-order valence-electron chi connectivity index (χ1n) is 11.6. The van der Waals surface area contributed by atoms with E-state index in [1.54, 1.807) is 12.3 Å². The van der Waals surface area contributed by atoms with E-state index < -0.39 is 5.97 Å². The molecule has 6 aromatic rings. The summed E-state index contributed by atoms with van der Waals surface area (Å²) in [6.45, 7) is 5.75. The third kappa shape index (κ3) is 4.29. The second-order valence-corrected chi connectivity index (χ2v) is 8.91. The third-order valence-corrected chi connectivity index (χ3v) is 6.62. The van der Waals surface area contributed by atoms with Crippen LogP contribution in [0.2, 0.25) is 0 Å². The van der Waals surface area contributed by atoms with Crippen molar-refractivity contribution in [3.05, 3.63) is 95.4 Å². The molecular formula is C29H22N3NaO4. The van der Waals surface area contributed by atoms with Crippen molar-refractivity contribution in [2.24, 2.45) is 0 Å². The number of aryl methyl sites for hydroxylation is 2. The minimum absolute atomic E-state index is 0. The zero-order valence-electron chi connectivity index (χ0n) is 21.0. The summed E-state index contributed by atoms with van der Waals surface area (Å²) >= 11 is 0. The number of carboxylic acid groups (broad SMARTS) is 1. The van der Waals surface area contributed by atoms with Gasteiger partial charge in [-0.05, 0) is 62.2 Å². The molecule has 0 amide bonds. The maximum atomic E-state index is 12.4. The summed E-state index contributed by atoms with van der Waals surface area (Å²) in [4.78, 5) is 21.5. The minimum atomic E-state index is -1.31. The Morgan fingerprint density at radius 3 is 2.68 bits per heavy atom. The largest absolute Gasteiger partial charge is 1.00 e. The topological polar surface area (TPSA) is 92.7 Å². The number of carbonyl (C=O) groups is 1. The number of furan rings is 1. The second-order valence-electron chi connectivity index (χ2n) is 8.91. The first-order valence-corrected chi connectivity index (χ1v) is 11.6. The molecule has 7 nitrogen and oxygen atoms in total. The predicted molar refractivity (Wildman–Crippen MR) is 135 cm³/mol. The summed E-state index contributed by atoms with van der Waals surface area (Å²) in [6.07, 6.45) is 5.17. The van der Waals surface area contributed by atoms with Crippen LogP contribution in [0.3, 0.4) is 0 Å². The number of carbonyl (C=O) groups excluding carboxylic acids is 1. The van der Waals surface area contributed by atoms with E-state index >= 15 is 0 Å². The fraction of sp³-hybridized carbons (Fsp3) is 0.138. The van der Waals surface area contributed by atoms with Crippen LogP contribution in [-0.2, 0) is 0 Å². The molecule has 4 aromatic heterocycles. The predicted octanol–water partition coefficient (Wildman–Crippen LogP) is 2.42. The molecule has 0 saturated carbocycles. The van der Waals surface area contributed by atoms with Crippen molar-refractivity contribution in [3.63, 3.8) is 0 Å². The van der Waals surface area contributed by atoms with E-state index in [4.69, 9.17) is 14.1 Å². The Morgan fingerprint density at radius 2 is 1.89 bits per heavy atom. The SMILES string of the molecule is Cc1c(-c2cc(C(=O)[O-])c3c(O[C@H](C)c4ccn5ccnc5c4)ccc(C)c3n2)oc2ccccc12.[Na+]. The molecule has 0 aliphatic rings. The fourth-order valence-electron chi connectivity index (χ4n) is 4.67. The van der Waals surface area contributed by atoms with Crippen molar-refractivity contribution in [1.82, 2.24) is 14.4 Å². The van der Waals surface area contributed by atoms with Crippen LogP contribution in [0.5, 0.6) is 5.75 Å². The quantitative estimate of drug-likeness (QED) is 0.339. The van der Waals surface area contributed by atoms with Gasteiger partial charge in [0, 0.05) is 35.1 Å². The average Bonchev–Trinajstić information content (AvgIpc) is 3.49. The standard InChI is InChI=1S/C29H23N3O4.Na/c1-16-8-9-24(35-18(3)19-10-12-32-13-11-30-25(32)14-19)26-21(29(33)34)15-22(31-27(16)26)28-17(2)20-6-4-5-7-23(20)36-28;/h4-15,18H,1-3H3,(H,33,34);/q;+1/p-1/t18-;/m1./s1. The van der Waals surface area contributed by atoms with Crippen LogP contribution in [0.4, 0.5) is 0 Å². The molecule has 37 heavy (non-hydrogen) atoms. The summed E-state index contributed by atoms with van der Waals surface area (Å²) in [7, 11) is 0. The van der Waals surface area contributed by atoms with Crippen LogP contribution in [0.25, 0.3) is 39.0 Å². The van der Waals surface area contributed by atoms with Gasteiger partial charge in [0.2, 0.25) is 0 Å². The van der Waals surface area contributed by atoms with Gasteiger partial charge in [-0.3, -0.25) is 0 Å². The number of rotatable bonds is 5. The van der Waals surface area contributed by atoms with Crippen molar-refractivity contribution in [2.75, 3.05) is 0 Å². The van der Waals surface area contributed by atoms with Gasteiger partial charge in [0.15, 0.2) is 5.76 Å². The van der Waals surface area contributed by atoms with Crippen molar-refractivity contribution in [3.8, 4) is 17.2 Å². The van der Waals surface area contributed by atoms with Crippen LogP contribution < -0.4 is 39.4 Å². The average molecular weight is 500 g/mol. The number of nitrogens with zero attached hydrogens (tertiary/aromatic N) is 3. The smallest absolute Gasteiger partial charge is 0.545 e. The maximum Gasteiger partial charge on any atom is 1.00 e. The molecule has 0 radical (unpaired) electrons. The van der Waals surface area contributed by atoms with Crippen LogP contribution in [-0.4, -0.2) is 20.3 Å². The van der Waals surface area contributed by atoms with Gasteiger partial charge in [-0.25, -0.2) is 9.97 Å². The number of hydrogen-bond donors (Lipinski definition) is 0. The number of hydrogen-bond acceptors (Lipinski definition) is 6. The Balaban J connectivity index is 0.00000280. The van der Waals surface area contributed by atoms with Gasteiger partial charge < -0.3 is 23.5 Å². The number of pyridine rings is 2. The summed E-state index contributed by atoms with van der Waals surface area (Å²) < 4.78 is 14.3. The van der Waals surface area contributed by atoms with Crippen LogP contribution in [0, 0.1) is 13.8 Å². The van der Waals surface area contributed by atoms with Crippen LogP contribution in [0.1, 0.15) is 40.1 Å². The summed E-state index contributed by atoms with van der Waals surface area (Å²) in [5.41, 5.74) is 5.13. The third-order valence-electron chi connectivity index (χ3n) is 6.62. The molecule has 1 atom stereocenters. The van der Waals surface area contributed by atoms with Gasteiger partial charge in [-0.15, -0.1) is 0 Å². The normalized spacial score (nSPS) is 12.1. The van der Waals surface area contributed by atoms with Crippen LogP contribution >= 0.6 is 0 Å². The number of aromatic nitrogens is 3. The molecule has 0 aliphatic carbocycles. The number of benzene rings is 2. The zero-order chi connectivity index (χ0) is 25.0. The molecule has 6 rings (SSSR count). The first kappa shape index (κ1) is 25.0. The van der Waals surface area contributed by atoms with Crippen molar-refractivity contribution in [2.45, 2.75) is 26.9 Å². The molecule has 0 saturated heterocycles. The first-order chi connectivity index (χ1) is 17.4. The number of carboxylic acids is 1. The summed E-state index contributed by atoms with van der Waals surface area (Å²) in [6, 6.07) is 16.8. The van der Waals surface area contributed by atoms with Gasteiger partial charge in [-0.2, -0.15) is 0 Å². The minimum Gasteiger partial charge on any atom is -0.545 e. The number of fused-ring (bicyclic) bond motifs is 3. The van der Waals surface area contributed by atoms with E-state index in [-0.39, 0.29) is 41.2 Å². The van der Waals surface area contributed by atoms with Gasteiger partial charge in [-0.1, -0.05) is 24.3 Å². The summed E-state index contributed by atoms with van der Waals surface area (Å²) in [5, 5.41) is 13.7. The van der Waals surface area contributed by atoms with Gasteiger partial charge in [0.05, 0.1) is 16.9 Å². The number of aromatic carboxylic acids is 1. The van der Waals surface area contributed by atoms with Crippen molar-refractivity contribution >= 4 is 33.5 Å². The van der Waals surface area contributed by atoms with E-state index in [2.05, 4.69) is 4.98 Å². The molecule has 2 aromatic carbocycles. The Morgan fingerprint density at radius 1 is 1.08 bits per heavy atom. The molecule has 0 unspecified atom stereocenters. The Labute approximate surface area is 235 Å². The number of para-hydroxylation sites is 1. The monoisotopic (exact) mass is 499 g/mol. The Bertz CT molecular complexity index is 1800. The molecule has 178 valence electrons. The molecule has 0 aliphatic heterocycles. The molecule has 0 N–H and O–H groups in total. The molecule has 8 heteroatoms. The van der Waals surface area contributed by atoms with E-state index in [1.165, 1.54) is 6.07 Å². The number of imidazole rings is 1. The summed E-state index contributed by atoms with van der Waals surface area (Å²) in [5.74, 6) is -0.349. The molecule has 0 bridgehead atoms. The van der Waals surface area contributed by atoms with Gasteiger partial charge >= 0.3 is 29.6 Å². The van der Waals surface area contributed by atoms with E-state index in [0.29, 0.717) is 28.1 Å². The number of ether oxygens (including phenoxy) is 1. The van der Waals surface area contributed by atoms with Crippen LogP contribution in [0.15, 0.2) is 77.6 Å². The Kier molecular flexibility index (Phi) is 6.54. The fourth-order valence-corrected chi connectivity index (χ4v) is 4.67. The van der Waals surface area contributed by atoms with E-state index in [9.17, 15) is 9.90 Å². The Hall–Kier alpha value is -3.65.